The highest BCUT2D eigenvalue weighted by molar-refractivity contribution is 5.79. The quantitative estimate of drug-likeness (QED) is 0.815. The van der Waals surface area contributed by atoms with Crippen LogP contribution < -0.4 is 10.9 Å². The first-order valence-corrected chi connectivity index (χ1v) is 10.3. The zero-order chi connectivity index (χ0) is 19.3. The molecule has 28 heavy (non-hydrogen) atoms. The smallest absolute Gasteiger partial charge is 0.258 e. The van der Waals surface area contributed by atoms with Gasteiger partial charge in [0.05, 0.1) is 10.9 Å². The predicted molar refractivity (Wildman–Crippen MR) is 107 cm³/mol. The molecule has 3 heterocycles. The highest BCUT2D eigenvalue weighted by atomic mass is 16.5. The molecule has 0 bridgehead atoms. The van der Waals surface area contributed by atoms with Crippen molar-refractivity contribution in [3.8, 4) is 0 Å². The fourth-order valence-electron chi connectivity index (χ4n) is 4.28. The lowest BCUT2D eigenvalue weighted by Crippen LogP contribution is -2.46. The second-order valence-corrected chi connectivity index (χ2v) is 7.72. The third-order valence-electron chi connectivity index (χ3n) is 5.93. The summed E-state index contributed by atoms with van der Waals surface area (Å²) in [5.41, 5.74) is 0.556. The summed E-state index contributed by atoms with van der Waals surface area (Å²) in [6.45, 7) is 4.18. The molecule has 0 atom stereocenters. The van der Waals surface area contributed by atoms with Gasteiger partial charge in [0, 0.05) is 38.1 Å². The Hall–Kier alpha value is -2.25. The molecule has 1 aromatic carbocycles. The standard InChI is InChI=1S/C21H28N4O3/c26-20(15-6-11-25(12-7-15)16-8-13-28-14-9-16)22-10-5-19-23-18-4-2-1-3-17(18)21(27)24-19/h1-4,15-16H,5-14H2,(H,22,26)(H,23,24,27). The van der Waals surface area contributed by atoms with Gasteiger partial charge in [-0.15, -0.1) is 0 Å². The fourth-order valence-corrected chi connectivity index (χ4v) is 4.28. The summed E-state index contributed by atoms with van der Waals surface area (Å²) < 4.78 is 5.44. The number of fused-ring (bicyclic) bond motifs is 1. The van der Waals surface area contributed by atoms with E-state index < -0.39 is 0 Å². The molecule has 2 N–H and O–H groups in total. The topological polar surface area (TPSA) is 87.3 Å². The number of H-pyrrole nitrogens is 1. The monoisotopic (exact) mass is 384 g/mol. The number of amides is 1. The van der Waals surface area contributed by atoms with Crippen LogP contribution in [0.25, 0.3) is 10.9 Å². The molecule has 2 saturated heterocycles. The van der Waals surface area contributed by atoms with E-state index in [0.717, 1.165) is 52.0 Å². The normalized spacial score (nSPS) is 19.7. The van der Waals surface area contributed by atoms with Crippen molar-refractivity contribution in [1.29, 1.82) is 0 Å². The number of aromatic nitrogens is 2. The largest absolute Gasteiger partial charge is 0.381 e. The first kappa shape index (κ1) is 19.1. The minimum absolute atomic E-state index is 0.0831. The Bertz CT molecular complexity index is 867. The number of carbonyl (C=O) groups is 1. The van der Waals surface area contributed by atoms with Crippen LogP contribution in [0.2, 0.25) is 0 Å². The summed E-state index contributed by atoms with van der Waals surface area (Å²) in [5.74, 6) is 0.813. The summed E-state index contributed by atoms with van der Waals surface area (Å²) >= 11 is 0. The molecule has 2 fully saturated rings. The van der Waals surface area contributed by atoms with Gasteiger partial charge in [-0.2, -0.15) is 0 Å². The van der Waals surface area contributed by atoms with Gasteiger partial charge in [-0.1, -0.05) is 12.1 Å². The van der Waals surface area contributed by atoms with Crippen LogP contribution in [0.15, 0.2) is 29.1 Å². The molecule has 7 nitrogen and oxygen atoms in total. The number of nitrogens with zero attached hydrogens (tertiary/aromatic N) is 2. The number of hydrogen-bond donors (Lipinski definition) is 2. The van der Waals surface area contributed by atoms with Crippen molar-refractivity contribution in [2.45, 2.75) is 38.1 Å². The van der Waals surface area contributed by atoms with Crippen LogP contribution in [0.4, 0.5) is 0 Å². The molecular weight excluding hydrogens is 356 g/mol. The Kier molecular flexibility index (Phi) is 6.02. The van der Waals surface area contributed by atoms with Crippen LogP contribution in [0.5, 0.6) is 0 Å². The summed E-state index contributed by atoms with van der Waals surface area (Å²) in [6, 6.07) is 7.91. The summed E-state index contributed by atoms with van der Waals surface area (Å²) in [6.07, 6.45) is 4.55. The molecular formula is C21H28N4O3. The second-order valence-electron chi connectivity index (χ2n) is 7.72. The lowest BCUT2D eigenvalue weighted by Gasteiger charge is -2.38. The van der Waals surface area contributed by atoms with Crippen molar-refractivity contribution in [2.75, 3.05) is 32.8 Å². The lowest BCUT2D eigenvalue weighted by molar-refractivity contribution is -0.126. The number of nitrogens with one attached hydrogen (secondary N) is 2. The molecule has 1 amide bonds. The zero-order valence-corrected chi connectivity index (χ0v) is 16.2. The Morgan fingerprint density at radius 2 is 1.93 bits per heavy atom. The van der Waals surface area contributed by atoms with Gasteiger partial charge in [-0.3, -0.25) is 9.59 Å². The first-order chi connectivity index (χ1) is 13.7. The highest BCUT2D eigenvalue weighted by Crippen LogP contribution is 2.23. The Labute approximate surface area is 164 Å². The molecule has 0 unspecified atom stereocenters. The van der Waals surface area contributed by atoms with Gasteiger partial charge in [-0.25, -0.2) is 4.98 Å². The lowest BCUT2D eigenvalue weighted by atomic mass is 9.93. The van der Waals surface area contributed by atoms with Crippen LogP contribution in [0.1, 0.15) is 31.5 Å². The maximum absolute atomic E-state index is 12.5. The average molecular weight is 384 g/mol. The summed E-state index contributed by atoms with van der Waals surface area (Å²) in [4.78, 5) is 34.4. The fraction of sp³-hybridized carbons (Fsp3) is 0.571. The van der Waals surface area contributed by atoms with Gasteiger partial charge in [0.1, 0.15) is 5.82 Å². The van der Waals surface area contributed by atoms with E-state index in [2.05, 4.69) is 20.2 Å². The maximum atomic E-state index is 12.5. The third-order valence-corrected chi connectivity index (χ3v) is 5.93. The van der Waals surface area contributed by atoms with E-state index in [1.165, 1.54) is 0 Å². The Morgan fingerprint density at radius 1 is 1.18 bits per heavy atom. The summed E-state index contributed by atoms with van der Waals surface area (Å²) in [7, 11) is 0. The van der Waals surface area contributed by atoms with Crippen molar-refractivity contribution in [3.63, 3.8) is 0 Å². The van der Waals surface area contributed by atoms with Crippen molar-refractivity contribution in [3.05, 3.63) is 40.4 Å². The number of benzene rings is 1. The van der Waals surface area contributed by atoms with E-state index in [1.807, 2.05) is 18.2 Å². The van der Waals surface area contributed by atoms with E-state index >= 15 is 0 Å². The SMILES string of the molecule is O=C(NCCc1nc2ccccc2c(=O)[nH]1)C1CCN(C2CCOCC2)CC1. The molecule has 4 rings (SSSR count). The van der Waals surface area contributed by atoms with Gasteiger partial charge in [0.2, 0.25) is 5.91 Å². The molecule has 150 valence electrons. The van der Waals surface area contributed by atoms with Gasteiger partial charge in [0.15, 0.2) is 0 Å². The number of ether oxygens (including phenoxy) is 1. The maximum Gasteiger partial charge on any atom is 0.258 e. The first-order valence-electron chi connectivity index (χ1n) is 10.3. The predicted octanol–water partition coefficient (Wildman–Crippen LogP) is 1.47. The highest BCUT2D eigenvalue weighted by Gasteiger charge is 2.29. The molecule has 0 spiro atoms. The molecule has 0 radical (unpaired) electrons. The zero-order valence-electron chi connectivity index (χ0n) is 16.2. The Morgan fingerprint density at radius 3 is 2.71 bits per heavy atom. The third kappa shape index (κ3) is 4.42. The number of piperidine rings is 1. The minimum atomic E-state index is -0.132. The average Bonchev–Trinajstić information content (AvgIpc) is 2.74. The van der Waals surface area contributed by atoms with Gasteiger partial charge in [-0.05, 0) is 50.9 Å². The van der Waals surface area contributed by atoms with Gasteiger partial charge < -0.3 is 19.9 Å². The summed E-state index contributed by atoms with van der Waals surface area (Å²) in [5, 5.41) is 3.61. The molecule has 7 heteroatoms. The number of carbonyl (C=O) groups excluding carboxylic acids is 1. The number of aromatic amines is 1. The molecule has 0 aliphatic carbocycles. The van der Waals surface area contributed by atoms with Crippen molar-refractivity contribution in [2.24, 2.45) is 5.92 Å². The Balaban J connectivity index is 1.24. The number of hydrogen-bond acceptors (Lipinski definition) is 5. The van der Waals surface area contributed by atoms with Crippen LogP contribution in [-0.2, 0) is 16.0 Å². The second kappa shape index (κ2) is 8.84. The molecule has 2 aliphatic rings. The number of rotatable bonds is 5. The van der Waals surface area contributed by atoms with E-state index in [1.54, 1.807) is 6.07 Å². The van der Waals surface area contributed by atoms with Crippen LogP contribution in [0.3, 0.4) is 0 Å². The molecule has 2 aliphatic heterocycles. The van der Waals surface area contributed by atoms with Crippen molar-refractivity contribution >= 4 is 16.8 Å². The minimum Gasteiger partial charge on any atom is -0.381 e. The van der Waals surface area contributed by atoms with Crippen molar-refractivity contribution < 1.29 is 9.53 Å². The number of para-hydroxylation sites is 1. The molecule has 2 aromatic rings. The van der Waals surface area contributed by atoms with Gasteiger partial charge in [0.25, 0.3) is 5.56 Å². The number of likely N-dealkylation sites (tertiary alicyclic amines) is 1. The van der Waals surface area contributed by atoms with E-state index in [0.29, 0.717) is 35.7 Å². The molecule has 1 aromatic heterocycles. The van der Waals surface area contributed by atoms with Crippen LogP contribution in [-0.4, -0.2) is 59.7 Å². The van der Waals surface area contributed by atoms with Crippen LogP contribution in [0, 0.1) is 5.92 Å². The van der Waals surface area contributed by atoms with Crippen molar-refractivity contribution in [1.82, 2.24) is 20.2 Å². The van der Waals surface area contributed by atoms with Gasteiger partial charge >= 0.3 is 0 Å². The van der Waals surface area contributed by atoms with E-state index in [-0.39, 0.29) is 17.4 Å². The molecule has 0 saturated carbocycles. The van der Waals surface area contributed by atoms with E-state index in [9.17, 15) is 9.59 Å². The van der Waals surface area contributed by atoms with Crippen LogP contribution >= 0.6 is 0 Å². The van der Waals surface area contributed by atoms with E-state index in [4.69, 9.17) is 4.74 Å².